The molecular weight excluding hydrogens is 352 g/mol. The van der Waals surface area contributed by atoms with Crippen molar-refractivity contribution in [3.8, 4) is 0 Å². The minimum Gasteiger partial charge on any atom is -0.373 e. The van der Waals surface area contributed by atoms with Gasteiger partial charge >= 0.3 is 0 Å². The van der Waals surface area contributed by atoms with E-state index in [0.29, 0.717) is 6.10 Å². The molecule has 0 aromatic rings. The third-order valence-corrected chi connectivity index (χ3v) is 6.78. The van der Waals surface area contributed by atoms with Gasteiger partial charge in [-0.15, -0.1) is 0 Å². The molecule has 1 fully saturated rings. The molecule has 1 unspecified atom stereocenters. The lowest BCUT2D eigenvalue weighted by atomic mass is 10.0. The highest BCUT2D eigenvalue weighted by molar-refractivity contribution is 4.68. The Balaban J connectivity index is 1.58. The van der Waals surface area contributed by atoms with Crippen LogP contribution < -0.4 is 0 Å². The van der Waals surface area contributed by atoms with E-state index in [1.54, 1.807) is 0 Å². The first kappa shape index (κ1) is 27.0. The molecule has 29 heavy (non-hydrogen) atoms. The van der Waals surface area contributed by atoms with Gasteiger partial charge in [0.1, 0.15) is 0 Å². The van der Waals surface area contributed by atoms with Crippen molar-refractivity contribution >= 4 is 0 Å². The monoisotopic (exact) mass is 408 g/mol. The third kappa shape index (κ3) is 22.5. The zero-order chi connectivity index (χ0) is 20.7. The lowest BCUT2D eigenvalue weighted by molar-refractivity contribution is 0.387. The average Bonchev–Trinajstić information content (AvgIpc) is 3.55. The average molecular weight is 409 g/mol. The molecule has 0 aromatic heterocycles. The number of epoxide rings is 1. The standard InChI is InChI=1S/C28H56O/c1-2-3-4-5-6-7-8-9-10-11-12-13-14-15-16-17-18-19-20-21-22-23-24-25-26-28-27-29-28/h28H,2-27H2,1H3. The SMILES string of the molecule is CCCCCCCCCCCCCCCCCCCCCCCCCCC1CO1. The van der Waals surface area contributed by atoms with Crippen LogP contribution in [0.25, 0.3) is 0 Å². The number of rotatable bonds is 25. The molecule has 174 valence electrons. The zero-order valence-corrected chi connectivity index (χ0v) is 20.4. The van der Waals surface area contributed by atoms with E-state index >= 15 is 0 Å². The van der Waals surface area contributed by atoms with E-state index < -0.39 is 0 Å². The second kappa shape index (κ2) is 22.6. The van der Waals surface area contributed by atoms with Crippen molar-refractivity contribution in [1.29, 1.82) is 0 Å². The fourth-order valence-corrected chi connectivity index (χ4v) is 4.57. The molecule has 1 rings (SSSR count). The van der Waals surface area contributed by atoms with Crippen molar-refractivity contribution in [2.24, 2.45) is 0 Å². The molecule has 0 amide bonds. The summed E-state index contributed by atoms with van der Waals surface area (Å²) in [5, 5.41) is 0. The number of hydrogen-bond acceptors (Lipinski definition) is 1. The van der Waals surface area contributed by atoms with Crippen molar-refractivity contribution in [3.05, 3.63) is 0 Å². The molecular formula is C28H56O. The van der Waals surface area contributed by atoms with Crippen LogP contribution in [0.1, 0.15) is 167 Å². The van der Waals surface area contributed by atoms with Gasteiger partial charge in [-0.1, -0.05) is 161 Å². The summed E-state index contributed by atoms with van der Waals surface area (Å²) < 4.78 is 5.26. The summed E-state index contributed by atoms with van der Waals surface area (Å²) in [5.41, 5.74) is 0. The van der Waals surface area contributed by atoms with E-state index in [-0.39, 0.29) is 0 Å². The molecule has 0 saturated carbocycles. The number of ether oxygens (including phenoxy) is 1. The lowest BCUT2D eigenvalue weighted by Crippen LogP contribution is -1.86. The summed E-state index contributed by atoms with van der Waals surface area (Å²) in [6, 6.07) is 0. The van der Waals surface area contributed by atoms with Crippen LogP contribution in [0.5, 0.6) is 0 Å². The van der Waals surface area contributed by atoms with Gasteiger partial charge in [-0.3, -0.25) is 0 Å². The van der Waals surface area contributed by atoms with Crippen LogP contribution in [0.4, 0.5) is 0 Å². The molecule has 0 bridgehead atoms. The molecule has 1 aliphatic heterocycles. The van der Waals surface area contributed by atoms with Gasteiger partial charge in [0.25, 0.3) is 0 Å². The van der Waals surface area contributed by atoms with Crippen LogP contribution >= 0.6 is 0 Å². The van der Waals surface area contributed by atoms with Crippen LogP contribution in [0, 0.1) is 0 Å². The van der Waals surface area contributed by atoms with E-state index in [1.807, 2.05) is 0 Å². The molecule has 1 saturated heterocycles. The highest BCUT2D eigenvalue weighted by atomic mass is 16.6. The Morgan fingerprint density at radius 3 is 0.897 bits per heavy atom. The predicted molar refractivity (Wildman–Crippen MR) is 131 cm³/mol. The van der Waals surface area contributed by atoms with E-state index in [4.69, 9.17) is 4.74 Å². The lowest BCUT2D eigenvalue weighted by Gasteiger charge is -2.04. The summed E-state index contributed by atoms with van der Waals surface area (Å²) in [6.45, 7) is 3.34. The molecule has 0 spiro atoms. The van der Waals surface area contributed by atoms with E-state index in [2.05, 4.69) is 6.92 Å². The van der Waals surface area contributed by atoms with Gasteiger partial charge in [0.15, 0.2) is 0 Å². The fraction of sp³-hybridized carbons (Fsp3) is 1.00. The summed E-state index contributed by atoms with van der Waals surface area (Å²) in [7, 11) is 0. The Labute approximate surface area is 185 Å². The van der Waals surface area contributed by atoms with Crippen molar-refractivity contribution in [1.82, 2.24) is 0 Å². The highest BCUT2D eigenvalue weighted by Gasteiger charge is 2.20. The fourth-order valence-electron chi connectivity index (χ4n) is 4.57. The maximum Gasteiger partial charge on any atom is 0.0810 e. The Bertz CT molecular complexity index is 297. The molecule has 1 atom stereocenters. The van der Waals surface area contributed by atoms with Crippen LogP contribution in [0.15, 0.2) is 0 Å². The predicted octanol–water partition coefficient (Wildman–Crippen LogP) is 10.2. The van der Waals surface area contributed by atoms with E-state index in [0.717, 1.165) is 6.61 Å². The van der Waals surface area contributed by atoms with Crippen molar-refractivity contribution in [2.75, 3.05) is 6.61 Å². The molecule has 0 aliphatic carbocycles. The first-order chi connectivity index (χ1) is 14.4. The normalized spacial score (nSPS) is 15.8. The summed E-state index contributed by atoms with van der Waals surface area (Å²) in [4.78, 5) is 0. The van der Waals surface area contributed by atoms with Gasteiger partial charge in [-0.2, -0.15) is 0 Å². The first-order valence-corrected chi connectivity index (χ1v) is 14.0. The quantitative estimate of drug-likeness (QED) is 0.108. The zero-order valence-electron chi connectivity index (χ0n) is 20.4. The van der Waals surface area contributed by atoms with Gasteiger partial charge in [0.05, 0.1) is 12.7 Å². The van der Waals surface area contributed by atoms with Crippen molar-refractivity contribution < 1.29 is 4.74 Å². The highest BCUT2D eigenvalue weighted by Crippen LogP contribution is 2.19. The van der Waals surface area contributed by atoms with E-state index in [1.165, 1.54) is 161 Å². The van der Waals surface area contributed by atoms with Gasteiger partial charge < -0.3 is 4.74 Å². The molecule has 0 radical (unpaired) electrons. The minimum atomic E-state index is 0.648. The van der Waals surface area contributed by atoms with Gasteiger partial charge in [-0.25, -0.2) is 0 Å². The Morgan fingerprint density at radius 1 is 0.414 bits per heavy atom. The van der Waals surface area contributed by atoms with Crippen LogP contribution in [-0.2, 0) is 4.74 Å². The number of hydrogen-bond donors (Lipinski definition) is 0. The topological polar surface area (TPSA) is 12.5 Å². The van der Waals surface area contributed by atoms with Crippen LogP contribution in [-0.4, -0.2) is 12.7 Å². The maximum absolute atomic E-state index is 5.26. The summed E-state index contributed by atoms with van der Waals surface area (Å²) >= 11 is 0. The second-order valence-corrected chi connectivity index (χ2v) is 9.88. The maximum atomic E-state index is 5.26. The molecule has 0 N–H and O–H groups in total. The van der Waals surface area contributed by atoms with Crippen LogP contribution in [0.2, 0.25) is 0 Å². The minimum absolute atomic E-state index is 0.648. The third-order valence-electron chi connectivity index (χ3n) is 6.78. The van der Waals surface area contributed by atoms with Crippen LogP contribution in [0.3, 0.4) is 0 Å². The molecule has 0 aromatic carbocycles. The van der Waals surface area contributed by atoms with Crippen molar-refractivity contribution in [3.63, 3.8) is 0 Å². The first-order valence-electron chi connectivity index (χ1n) is 14.0. The Kier molecular flexibility index (Phi) is 21.1. The van der Waals surface area contributed by atoms with Gasteiger partial charge in [0, 0.05) is 0 Å². The Hall–Kier alpha value is -0.0400. The number of unbranched alkanes of at least 4 members (excludes halogenated alkanes) is 23. The van der Waals surface area contributed by atoms with Crippen molar-refractivity contribution in [2.45, 2.75) is 174 Å². The largest absolute Gasteiger partial charge is 0.373 e. The second-order valence-electron chi connectivity index (χ2n) is 9.88. The Morgan fingerprint density at radius 2 is 0.655 bits per heavy atom. The molecule has 1 heteroatoms. The molecule has 1 heterocycles. The van der Waals surface area contributed by atoms with Gasteiger partial charge in [-0.05, 0) is 6.42 Å². The molecule has 1 nitrogen and oxygen atoms in total. The van der Waals surface area contributed by atoms with E-state index in [9.17, 15) is 0 Å². The smallest absolute Gasteiger partial charge is 0.0810 e. The summed E-state index contributed by atoms with van der Waals surface area (Å²) in [5.74, 6) is 0. The summed E-state index contributed by atoms with van der Waals surface area (Å²) in [6.07, 6.45) is 37.2. The van der Waals surface area contributed by atoms with Gasteiger partial charge in [0.2, 0.25) is 0 Å². The molecule has 1 aliphatic rings.